The Kier molecular flexibility index (Phi) is 6.53. The highest BCUT2D eigenvalue weighted by atomic mass is 16.2. The number of amides is 2. The molecule has 26 heavy (non-hydrogen) atoms. The monoisotopic (exact) mass is 364 g/mol. The van der Waals surface area contributed by atoms with Crippen molar-refractivity contribution in [3.63, 3.8) is 0 Å². The highest BCUT2D eigenvalue weighted by molar-refractivity contribution is 5.88. The van der Waals surface area contributed by atoms with Gasteiger partial charge in [-0.15, -0.1) is 0 Å². The van der Waals surface area contributed by atoms with Crippen molar-refractivity contribution in [3.8, 4) is 0 Å². The normalized spacial score (nSPS) is 16.7. The minimum atomic E-state index is -0.108. The zero-order valence-corrected chi connectivity index (χ0v) is 16.1. The Bertz CT molecular complexity index is 680. The van der Waals surface area contributed by atoms with Crippen LogP contribution in [0, 0.1) is 6.92 Å². The predicted octanol–water partition coefficient (Wildman–Crippen LogP) is -1.39. The van der Waals surface area contributed by atoms with Crippen LogP contribution in [0.1, 0.15) is 18.1 Å². The number of aliphatic imine (C=N–C) groups is 1. The highest BCUT2D eigenvalue weighted by Crippen LogP contribution is 2.12. The Morgan fingerprint density at radius 2 is 1.92 bits per heavy atom. The number of carbonyl (C=O) groups is 2. The lowest BCUT2D eigenvalue weighted by Crippen LogP contribution is -2.49. The third-order valence-electron chi connectivity index (χ3n) is 4.08. The second kappa shape index (κ2) is 8.63. The molecule has 1 aliphatic rings. The quantitative estimate of drug-likeness (QED) is 0.492. The van der Waals surface area contributed by atoms with E-state index < -0.39 is 0 Å². The number of hydrogen-bond acceptors (Lipinski definition) is 5. The van der Waals surface area contributed by atoms with Crippen LogP contribution in [0.5, 0.6) is 0 Å². The molecule has 1 atom stereocenters. The lowest BCUT2D eigenvalue weighted by Gasteiger charge is -2.25. The minimum Gasteiger partial charge on any atom is -0.352 e. The van der Waals surface area contributed by atoms with Gasteiger partial charge in [-0.2, -0.15) is 5.10 Å². The SMILES string of the molecule is Cc1nc2n(n1)CC(NC(=NCC(=O)N(C)C)NCC(=O)N(C)C)CC2. The van der Waals surface area contributed by atoms with Gasteiger partial charge in [0, 0.05) is 40.7 Å². The summed E-state index contributed by atoms with van der Waals surface area (Å²) in [6, 6.07) is 0.0961. The molecular formula is C16H28N8O2. The Hall–Kier alpha value is -2.65. The van der Waals surface area contributed by atoms with E-state index in [1.54, 1.807) is 28.2 Å². The smallest absolute Gasteiger partial charge is 0.243 e. The van der Waals surface area contributed by atoms with Gasteiger partial charge in [0.15, 0.2) is 5.96 Å². The molecule has 1 aromatic rings. The van der Waals surface area contributed by atoms with E-state index >= 15 is 0 Å². The lowest BCUT2D eigenvalue weighted by atomic mass is 10.1. The molecule has 0 aliphatic carbocycles. The summed E-state index contributed by atoms with van der Waals surface area (Å²) in [5.74, 6) is 2.01. The summed E-state index contributed by atoms with van der Waals surface area (Å²) in [7, 11) is 6.76. The van der Waals surface area contributed by atoms with Gasteiger partial charge in [-0.05, 0) is 13.3 Å². The van der Waals surface area contributed by atoms with Gasteiger partial charge < -0.3 is 20.4 Å². The number of hydrogen-bond donors (Lipinski definition) is 2. The van der Waals surface area contributed by atoms with Crippen LogP contribution in [0.25, 0.3) is 0 Å². The summed E-state index contributed by atoms with van der Waals surface area (Å²) in [6.07, 6.45) is 1.70. The van der Waals surface area contributed by atoms with Crippen LogP contribution in [-0.2, 0) is 22.6 Å². The molecule has 0 fully saturated rings. The molecule has 1 aliphatic heterocycles. The van der Waals surface area contributed by atoms with Crippen molar-refractivity contribution in [2.75, 3.05) is 41.3 Å². The number of aromatic nitrogens is 3. The first-order chi connectivity index (χ1) is 12.3. The molecule has 10 heteroatoms. The molecule has 10 nitrogen and oxygen atoms in total. The Labute approximate surface area is 153 Å². The second-order valence-corrected chi connectivity index (χ2v) is 6.73. The Morgan fingerprint density at radius 3 is 2.58 bits per heavy atom. The van der Waals surface area contributed by atoms with Crippen LogP contribution in [0.2, 0.25) is 0 Å². The first kappa shape index (κ1) is 19.7. The summed E-state index contributed by atoms with van der Waals surface area (Å²) >= 11 is 0. The molecule has 2 amide bonds. The molecule has 0 aromatic carbocycles. The van der Waals surface area contributed by atoms with Crippen molar-refractivity contribution in [2.24, 2.45) is 4.99 Å². The average Bonchev–Trinajstić information content (AvgIpc) is 2.95. The molecule has 0 spiro atoms. The van der Waals surface area contributed by atoms with E-state index in [4.69, 9.17) is 0 Å². The number of likely N-dealkylation sites (N-methyl/N-ethyl adjacent to an activating group) is 2. The first-order valence-electron chi connectivity index (χ1n) is 8.61. The Morgan fingerprint density at radius 1 is 1.23 bits per heavy atom. The number of carbonyl (C=O) groups excluding carboxylic acids is 2. The van der Waals surface area contributed by atoms with Crippen molar-refractivity contribution in [2.45, 2.75) is 32.4 Å². The Balaban J connectivity index is 2.02. The van der Waals surface area contributed by atoms with Gasteiger partial charge in [0.05, 0.1) is 13.1 Å². The maximum atomic E-state index is 11.8. The van der Waals surface area contributed by atoms with Crippen molar-refractivity contribution in [1.82, 2.24) is 35.2 Å². The van der Waals surface area contributed by atoms with E-state index in [1.807, 2.05) is 11.6 Å². The summed E-state index contributed by atoms with van der Waals surface area (Å²) in [4.78, 5) is 35.4. The molecule has 2 rings (SSSR count). The van der Waals surface area contributed by atoms with E-state index in [-0.39, 0.29) is 30.9 Å². The number of rotatable bonds is 5. The van der Waals surface area contributed by atoms with Gasteiger partial charge in [0.25, 0.3) is 0 Å². The fraction of sp³-hybridized carbons (Fsp3) is 0.688. The number of aryl methyl sites for hydroxylation is 2. The lowest BCUT2D eigenvalue weighted by molar-refractivity contribution is -0.127. The van der Waals surface area contributed by atoms with Crippen LogP contribution >= 0.6 is 0 Å². The molecule has 0 bridgehead atoms. The largest absolute Gasteiger partial charge is 0.352 e. The van der Waals surface area contributed by atoms with Gasteiger partial charge in [-0.25, -0.2) is 14.7 Å². The van der Waals surface area contributed by atoms with E-state index in [0.29, 0.717) is 12.5 Å². The molecule has 0 saturated carbocycles. The van der Waals surface area contributed by atoms with Crippen molar-refractivity contribution >= 4 is 17.8 Å². The van der Waals surface area contributed by atoms with Crippen LogP contribution < -0.4 is 10.6 Å². The maximum absolute atomic E-state index is 11.8. The summed E-state index contributed by atoms with van der Waals surface area (Å²) in [6.45, 7) is 2.66. The van der Waals surface area contributed by atoms with Gasteiger partial charge in [0.2, 0.25) is 11.8 Å². The molecule has 1 aromatic heterocycles. The zero-order valence-electron chi connectivity index (χ0n) is 16.1. The second-order valence-electron chi connectivity index (χ2n) is 6.73. The third kappa shape index (κ3) is 5.43. The van der Waals surface area contributed by atoms with Gasteiger partial charge >= 0.3 is 0 Å². The highest BCUT2D eigenvalue weighted by Gasteiger charge is 2.22. The van der Waals surface area contributed by atoms with Gasteiger partial charge in [0.1, 0.15) is 18.2 Å². The fourth-order valence-electron chi connectivity index (χ4n) is 2.50. The summed E-state index contributed by atoms with van der Waals surface area (Å²) in [5, 5.41) is 10.7. The molecule has 2 heterocycles. The predicted molar refractivity (Wildman–Crippen MR) is 97.7 cm³/mol. The topological polar surface area (TPSA) is 108 Å². The standard InChI is InChI=1S/C16H28N8O2/c1-11-19-13-7-6-12(10-24(13)21-11)20-16(17-8-14(25)22(2)3)18-9-15(26)23(4)5/h12H,6-10H2,1-5H3,(H2,17,18,20). The van der Waals surface area contributed by atoms with E-state index in [2.05, 4.69) is 25.7 Å². The van der Waals surface area contributed by atoms with Crippen molar-refractivity contribution < 1.29 is 9.59 Å². The van der Waals surface area contributed by atoms with E-state index in [0.717, 1.165) is 24.5 Å². The number of nitrogens with zero attached hydrogens (tertiary/aromatic N) is 6. The molecule has 144 valence electrons. The van der Waals surface area contributed by atoms with Gasteiger partial charge in [-0.3, -0.25) is 9.59 Å². The van der Waals surface area contributed by atoms with Gasteiger partial charge in [-0.1, -0.05) is 0 Å². The van der Waals surface area contributed by atoms with Crippen molar-refractivity contribution in [1.29, 1.82) is 0 Å². The van der Waals surface area contributed by atoms with E-state index in [9.17, 15) is 9.59 Å². The summed E-state index contributed by atoms with van der Waals surface area (Å²) in [5.41, 5.74) is 0. The van der Waals surface area contributed by atoms with E-state index in [1.165, 1.54) is 9.80 Å². The molecule has 2 N–H and O–H groups in total. The number of guanidine groups is 1. The first-order valence-corrected chi connectivity index (χ1v) is 8.61. The summed E-state index contributed by atoms with van der Waals surface area (Å²) < 4.78 is 1.89. The molecule has 0 saturated heterocycles. The molecule has 0 radical (unpaired) electrons. The molecular weight excluding hydrogens is 336 g/mol. The fourth-order valence-corrected chi connectivity index (χ4v) is 2.50. The van der Waals surface area contributed by atoms with Crippen LogP contribution in [0.4, 0.5) is 0 Å². The third-order valence-corrected chi connectivity index (χ3v) is 4.08. The minimum absolute atomic E-state index is 0.0128. The zero-order chi connectivity index (χ0) is 19.3. The maximum Gasteiger partial charge on any atom is 0.243 e. The van der Waals surface area contributed by atoms with Crippen LogP contribution in [0.15, 0.2) is 4.99 Å². The van der Waals surface area contributed by atoms with Crippen LogP contribution in [-0.4, -0.2) is 89.7 Å². The van der Waals surface area contributed by atoms with Crippen LogP contribution in [0.3, 0.4) is 0 Å². The molecule has 1 unspecified atom stereocenters. The number of nitrogens with one attached hydrogen (secondary N) is 2. The number of fused-ring (bicyclic) bond motifs is 1. The average molecular weight is 364 g/mol. The van der Waals surface area contributed by atoms with Crippen molar-refractivity contribution in [3.05, 3.63) is 11.6 Å².